The molecule has 4 heteroatoms. The highest BCUT2D eigenvalue weighted by molar-refractivity contribution is 5.94. The van der Waals surface area contributed by atoms with E-state index in [2.05, 4.69) is 31.0 Å². The average molecular weight is 290 g/mol. The molecule has 0 saturated heterocycles. The van der Waals surface area contributed by atoms with Crippen LogP contribution in [-0.2, 0) is 0 Å². The summed E-state index contributed by atoms with van der Waals surface area (Å²) in [5.41, 5.74) is 5.83. The minimum atomic E-state index is -0.563. The Morgan fingerprint density at radius 2 is 2.14 bits per heavy atom. The Morgan fingerprint density at radius 3 is 2.71 bits per heavy atom. The normalized spacial score (nSPS) is 13.0. The molecule has 0 aromatic heterocycles. The first-order valence-electron chi connectivity index (χ1n) is 7.27. The third-order valence-electron chi connectivity index (χ3n) is 3.38. The molecule has 1 aromatic carbocycles. The van der Waals surface area contributed by atoms with E-state index in [1.165, 1.54) is 12.1 Å². The maximum Gasteiger partial charge on any atom is 0.254 e. The molecule has 1 rings (SSSR count). The topological polar surface area (TPSA) is 55.1 Å². The number of carbonyl (C=O) groups excluding carboxylic acids is 1. The molecule has 0 saturated carbocycles. The molecule has 0 heterocycles. The highest BCUT2D eigenvalue weighted by Crippen LogP contribution is 2.13. The van der Waals surface area contributed by atoms with Crippen LogP contribution in [-0.4, -0.2) is 18.5 Å². The van der Waals surface area contributed by atoms with Crippen molar-refractivity contribution in [3.63, 3.8) is 0 Å². The van der Waals surface area contributed by atoms with Gasteiger partial charge in [-0.15, -0.1) is 0 Å². The van der Waals surface area contributed by atoms with Gasteiger partial charge in [0, 0.05) is 11.6 Å². The molecule has 0 fully saturated rings. The summed E-state index contributed by atoms with van der Waals surface area (Å²) in [6.45, 7) is 6.40. The number of amides is 1. The van der Waals surface area contributed by atoms with E-state index < -0.39 is 5.82 Å². The summed E-state index contributed by atoms with van der Waals surface area (Å²) in [6, 6.07) is 4.36. The van der Waals surface area contributed by atoms with Crippen LogP contribution in [0.5, 0.6) is 0 Å². The van der Waals surface area contributed by atoms with Crippen molar-refractivity contribution in [2.24, 2.45) is 11.7 Å². The van der Waals surface area contributed by atoms with Gasteiger partial charge < -0.3 is 11.1 Å². The van der Waals surface area contributed by atoms with Crippen LogP contribution in [0, 0.1) is 23.6 Å². The van der Waals surface area contributed by atoms with Crippen molar-refractivity contribution >= 4 is 5.91 Å². The van der Waals surface area contributed by atoms with Gasteiger partial charge in [0.15, 0.2) is 0 Å². The first-order valence-corrected chi connectivity index (χ1v) is 7.27. The predicted molar refractivity (Wildman–Crippen MR) is 83.3 cm³/mol. The van der Waals surface area contributed by atoms with Gasteiger partial charge in [-0.05, 0) is 37.5 Å². The number of carbonyl (C=O) groups is 1. The van der Waals surface area contributed by atoms with Crippen molar-refractivity contribution in [1.29, 1.82) is 0 Å². The molecule has 3 nitrogen and oxygen atoms in total. The lowest BCUT2D eigenvalue weighted by molar-refractivity contribution is 0.0931. The Balaban J connectivity index is 2.74. The number of rotatable bonds is 5. The maximum atomic E-state index is 13.9. The zero-order chi connectivity index (χ0) is 15.8. The molecule has 3 N–H and O–H groups in total. The lowest BCUT2D eigenvalue weighted by atomic mass is 10.00. The van der Waals surface area contributed by atoms with E-state index in [0.717, 1.165) is 12.8 Å². The molecule has 0 spiro atoms. The van der Waals surface area contributed by atoms with Gasteiger partial charge in [0.05, 0.1) is 12.1 Å². The summed E-state index contributed by atoms with van der Waals surface area (Å²) in [6.07, 6.45) is 1.94. The molecule has 2 unspecified atom stereocenters. The third kappa shape index (κ3) is 5.57. The number of halogens is 1. The van der Waals surface area contributed by atoms with Crippen LogP contribution in [0.15, 0.2) is 18.2 Å². The van der Waals surface area contributed by atoms with E-state index in [1.807, 2.05) is 6.92 Å². The minimum absolute atomic E-state index is 0.0172. The Labute approximate surface area is 126 Å². The second kappa shape index (κ2) is 8.43. The lowest BCUT2D eigenvalue weighted by Crippen LogP contribution is -2.34. The van der Waals surface area contributed by atoms with Crippen molar-refractivity contribution in [3.05, 3.63) is 35.1 Å². The van der Waals surface area contributed by atoms with Gasteiger partial charge in [-0.3, -0.25) is 4.79 Å². The fourth-order valence-corrected chi connectivity index (χ4v) is 2.06. The average Bonchev–Trinajstić information content (AvgIpc) is 2.44. The first kappa shape index (κ1) is 17.2. The van der Waals surface area contributed by atoms with Crippen molar-refractivity contribution in [3.8, 4) is 11.8 Å². The summed E-state index contributed by atoms with van der Waals surface area (Å²) in [5.74, 6) is 4.97. The van der Waals surface area contributed by atoms with Gasteiger partial charge in [0.25, 0.3) is 5.91 Å². The van der Waals surface area contributed by atoms with Crippen LogP contribution >= 0.6 is 0 Å². The van der Waals surface area contributed by atoms with Crippen molar-refractivity contribution in [2.75, 3.05) is 6.54 Å². The molecule has 1 aromatic rings. The summed E-state index contributed by atoms with van der Waals surface area (Å²) in [5, 5.41) is 2.83. The van der Waals surface area contributed by atoms with Crippen LogP contribution in [0.4, 0.5) is 4.39 Å². The fourth-order valence-electron chi connectivity index (χ4n) is 2.06. The van der Waals surface area contributed by atoms with Crippen LogP contribution in [0.2, 0.25) is 0 Å². The lowest BCUT2D eigenvalue weighted by Gasteiger charge is -2.17. The minimum Gasteiger partial charge on any atom is -0.349 e. The monoisotopic (exact) mass is 290 g/mol. The summed E-state index contributed by atoms with van der Waals surface area (Å²) in [4.78, 5) is 12.1. The number of nitrogens with one attached hydrogen (secondary N) is 1. The fraction of sp³-hybridized carbons (Fsp3) is 0.471. The zero-order valence-corrected chi connectivity index (χ0v) is 12.9. The summed E-state index contributed by atoms with van der Waals surface area (Å²) < 4.78 is 13.9. The Bertz CT molecular complexity index is 545. The molecule has 0 aliphatic carbocycles. The van der Waals surface area contributed by atoms with Crippen LogP contribution < -0.4 is 11.1 Å². The Kier molecular flexibility index (Phi) is 6.90. The van der Waals surface area contributed by atoms with Gasteiger partial charge in [-0.25, -0.2) is 4.39 Å². The molecule has 2 atom stereocenters. The Morgan fingerprint density at radius 1 is 1.43 bits per heavy atom. The quantitative estimate of drug-likeness (QED) is 0.819. The molecule has 0 aliphatic heterocycles. The molecular weight excluding hydrogens is 267 g/mol. The van der Waals surface area contributed by atoms with Crippen LogP contribution in [0.1, 0.15) is 49.5 Å². The number of hydrogen-bond acceptors (Lipinski definition) is 2. The van der Waals surface area contributed by atoms with Gasteiger partial charge >= 0.3 is 0 Å². The zero-order valence-electron chi connectivity index (χ0n) is 12.9. The number of nitrogens with two attached hydrogens (primary N) is 1. The van der Waals surface area contributed by atoms with E-state index in [9.17, 15) is 9.18 Å². The second-order valence-electron chi connectivity index (χ2n) is 5.32. The molecular formula is C17H23FN2O. The van der Waals surface area contributed by atoms with Gasteiger partial charge in [-0.1, -0.05) is 32.1 Å². The summed E-state index contributed by atoms with van der Waals surface area (Å²) in [7, 11) is 0. The molecule has 21 heavy (non-hydrogen) atoms. The maximum absolute atomic E-state index is 13.9. The molecule has 0 bridgehead atoms. The van der Waals surface area contributed by atoms with Gasteiger partial charge in [0.1, 0.15) is 5.82 Å². The Hall–Kier alpha value is -1.86. The third-order valence-corrected chi connectivity index (χ3v) is 3.38. The van der Waals surface area contributed by atoms with Crippen molar-refractivity contribution < 1.29 is 9.18 Å². The highest BCUT2D eigenvalue weighted by atomic mass is 19.1. The van der Waals surface area contributed by atoms with Crippen molar-refractivity contribution in [1.82, 2.24) is 5.32 Å². The van der Waals surface area contributed by atoms with Crippen LogP contribution in [0.3, 0.4) is 0 Å². The van der Waals surface area contributed by atoms with E-state index in [4.69, 9.17) is 5.73 Å². The van der Waals surface area contributed by atoms with Gasteiger partial charge in [0.2, 0.25) is 0 Å². The van der Waals surface area contributed by atoms with E-state index in [-0.39, 0.29) is 24.1 Å². The number of hydrogen-bond donors (Lipinski definition) is 2. The second-order valence-corrected chi connectivity index (χ2v) is 5.32. The van der Waals surface area contributed by atoms with E-state index in [1.54, 1.807) is 6.07 Å². The molecule has 114 valence electrons. The smallest absolute Gasteiger partial charge is 0.254 e. The van der Waals surface area contributed by atoms with E-state index >= 15 is 0 Å². The summed E-state index contributed by atoms with van der Waals surface area (Å²) >= 11 is 0. The SMILES string of the molecule is CCC(C)CC(C)NC(=O)c1ccc(C#CCN)cc1F. The highest BCUT2D eigenvalue weighted by Gasteiger charge is 2.15. The first-order chi connectivity index (χ1) is 9.97. The predicted octanol–water partition coefficient (Wildman–Crippen LogP) is 2.69. The molecule has 0 aliphatic rings. The number of benzene rings is 1. The van der Waals surface area contributed by atoms with Gasteiger partial charge in [-0.2, -0.15) is 0 Å². The van der Waals surface area contributed by atoms with Crippen molar-refractivity contribution in [2.45, 2.75) is 39.7 Å². The van der Waals surface area contributed by atoms with Crippen LogP contribution in [0.25, 0.3) is 0 Å². The molecule has 0 radical (unpaired) electrons. The largest absolute Gasteiger partial charge is 0.349 e. The van der Waals surface area contributed by atoms with E-state index in [0.29, 0.717) is 11.5 Å². The molecule has 1 amide bonds. The standard InChI is InChI=1S/C17H23FN2O/c1-4-12(2)10-13(3)20-17(21)15-8-7-14(6-5-9-19)11-16(15)18/h7-8,11-13H,4,9-10,19H2,1-3H3,(H,20,21).